The number of rotatable bonds is 15. The molecule has 3 fully saturated rings. The number of likely N-dealkylation sites (tertiary alicyclic amines) is 1. The van der Waals surface area contributed by atoms with Crippen molar-refractivity contribution in [2.75, 3.05) is 20.1 Å². The molecule has 15 nitrogen and oxygen atoms in total. The van der Waals surface area contributed by atoms with Crippen LogP contribution in [0.25, 0.3) is 0 Å². The zero-order valence-electron chi connectivity index (χ0n) is 34.2. The lowest BCUT2D eigenvalue weighted by atomic mass is 9.80. The number of carbonyl (C=O) groups is 7. The number of Topliss-reactive ketones (excluding diaryl/α,β-unsaturated/α-hetero) is 1. The highest BCUT2D eigenvalue weighted by molar-refractivity contribution is 6.38. The van der Waals surface area contributed by atoms with E-state index in [0.29, 0.717) is 44.6 Å². The number of alkyl carbamates (subject to hydrolysis) is 1. The molecule has 59 heavy (non-hydrogen) atoms. The van der Waals surface area contributed by atoms with Gasteiger partial charge in [0.25, 0.3) is 0 Å². The van der Waals surface area contributed by atoms with Crippen molar-refractivity contribution in [3.63, 3.8) is 0 Å². The second kappa shape index (κ2) is 22.0. The van der Waals surface area contributed by atoms with E-state index in [-0.39, 0.29) is 25.3 Å². The summed E-state index contributed by atoms with van der Waals surface area (Å²) in [6, 6.07) is 2.92. The van der Waals surface area contributed by atoms with Gasteiger partial charge in [0.05, 0.1) is 11.6 Å². The maximum Gasteiger partial charge on any atom is 0.425 e. The van der Waals surface area contributed by atoms with Crippen molar-refractivity contribution in [1.29, 1.82) is 0 Å². The smallest absolute Gasteiger partial charge is 0.425 e. The van der Waals surface area contributed by atoms with Gasteiger partial charge in [-0.1, -0.05) is 73.3 Å². The van der Waals surface area contributed by atoms with E-state index >= 15 is 4.48 Å². The molecule has 3 aliphatic rings. The van der Waals surface area contributed by atoms with Gasteiger partial charge >= 0.3 is 18.2 Å². The first-order valence-electron chi connectivity index (χ1n) is 20.0. The molecule has 0 bridgehead atoms. The minimum absolute atomic E-state index is 0.000740. The van der Waals surface area contributed by atoms with Crippen LogP contribution in [0.15, 0.2) is 30.3 Å². The molecular weight excluding hydrogens is 784 g/mol. The Kier molecular flexibility index (Phi) is 18.1. The van der Waals surface area contributed by atoms with Gasteiger partial charge in [-0.15, -0.1) is 0 Å². The van der Waals surface area contributed by atoms with Crippen LogP contribution in [0.2, 0.25) is 0 Å². The lowest BCUT2D eigenvalue weighted by Crippen LogP contribution is -2.58. The predicted octanol–water partition coefficient (Wildman–Crippen LogP) is 3.94. The maximum absolute atomic E-state index is 15.2. The second-order valence-corrected chi connectivity index (χ2v) is 16.3. The highest BCUT2D eigenvalue weighted by Crippen LogP contribution is 2.32. The largest absolute Gasteiger partial charge is 0.437 e. The van der Waals surface area contributed by atoms with Crippen molar-refractivity contribution in [1.82, 2.24) is 31.3 Å². The Morgan fingerprint density at radius 1 is 0.881 bits per heavy atom. The quantitative estimate of drug-likeness (QED) is 0.0985. The number of ether oxygens (including phenoxy) is 1. The first-order chi connectivity index (χ1) is 27.6. The second-order valence-electron chi connectivity index (χ2n) is 16.3. The third kappa shape index (κ3) is 15.4. The molecule has 4 rings (SSSR count). The average Bonchev–Trinajstić information content (AvgIpc) is 3.66. The summed E-state index contributed by atoms with van der Waals surface area (Å²) < 4.78 is 58.9. The molecule has 1 heterocycles. The van der Waals surface area contributed by atoms with Gasteiger partial charge in [-0.05, 0) is 77.2 Å². The number of benzene rings is 1. The molecule has 0 aromatic heterocycles. The van der Waals surface area contributed by atoms with Crippen molar-refractivity contribution in [3.05, 3.63) is 35.9 Å². The lowest BCUT2D eigenvalue weighted by Gasteiger charge is -2.35. The van der Waals surface area contributed by atoms with E-state index in [4.69, 9.17) is 5.11 Å². The normalized spacial score (nSPS) is 19.3. The van der Waals surface area contributed by atoms with Gasteiger partial charge in [0.2, 0.25) is 29.4 Å². The number of amides is 6. The molecule has 6 amide bonds. The maximum atomic E-state index is 15.2. The van der Waals surface area contributed by atoms with E-state index in [1.807, 2.05) is 0 Å². The molecule has 1 aromatic carbocycles. The van der Waals surface area contributed by atoms with E-state index in [9.17, 15) is 46.7 Å². The van der Waals surface area contributed by atoms with Crippen LogP contribution in [-0.2, 0) is 33.5 Å². The predicted molar refractivity (Wildman–Crippen MR) is 205 cm³/mol. The number of ketones is 1. The topological polar surface area (TPSA) is 204 Å². The standard InChI is InChI=1S/C36H48F4N6O8.C4H10O/c1-21(36(37,38)39)54-35(53)44-29(24-15-7-4-8-16-24)33(51)45-18-10-17-26(45)31(49)42-25(19-22-11-9-12-22)30(48)34(52)46(40)20-27(47)43-28(32(50)41-2)23-13-5-3-6-14-23;1-4(2,3)5/h3,5-6,13-14,21-22,24-26,28-29H,4,7-12,15-20H2,1-2H3,(H,41,50)(H,42,49)(H,43,47)(H,44,53);5H,1-3H3. The minimum Gasteiger partial charge on any atom is -0.437 e. The van der Waals surface area contributed by atoms with Crippen LogP contribution < -0.4 is 21.3 Å². The number of carbonyl (C=O) groups excluding carboxylic acids is 7. The molecule has 19 heteroatoms. The van der Waals surface area contributed by atoms with Gasteiger partial charge in [0.1, 0.15) is 24.7 Å². The summed E-state index contributed by atoms with van der Waals surface area (Å²) in [5.74, 6) is -6.69. The SMILES string of the molecule is CC(C)(C)O.CNC(=O)C(NC(=O)CN(F)C(=O)C(=O)C(CC1CCC1)NC(=O)C1CCCN1C(=O)C(NC(=O)OC(C)C(F)(F)F)C1CCCCC1)c1ccccc1. The lowest BCUT2D eigenvalue weighted by molar-refractivity contribution is -0.197. The Balaban J connectivity index is 0.00000175. The van der Waals surface area contributed by atoms with Crippen LogP contribution in [0.3, 0.4) is 0 Å². The third-order valence-corrected chi connectivity index (χ3v) is 10.3. The van der Waals surface area contributed by atoms with Crippen molar-refractivity contribution in [2.24, 2.45) is 11.8 Å². The average molecular weight is 843 g/mol. The fraction of sp³-hybridized carbons (Fsp3) is 0.675. The van der Waals surface area contributed by atoms with Crippen LogP contribution in [0, 0.1) is 11.8 Å². The molecule has 2 saturated carbocycles. The molecular formula is C40H58F4N6O9. The van der Waals surface area contributed by atoms with Gasteiger partial charge < -0.3 is 36.0 Å². The number of halogens is 4. The Bertz CT molecular complexity index is 1610. The fourth-order valence-electron chi connectivity index (χ4n) is 7.04. The van der Waals surface area contributed by atoms with E-state index in [1.165, 1.54) is 11.9 Å². The van der Waals surface area contributed by atoms with Crippen LogP contribution in [0.4, 0.5) is 22.4 Å². The molecule has 1 aromatic rings. The van der Waals surface area contributed by atoms with Gasteiger partial charge in [-0.2, -0.15) is 18.3 Å². The van der Waals surface area contributed by atoms with Gasteiger partial charge in [0, 0.05) is 13.6 Å². The Hall–Kier alpha value is -4.81. The first-order valence-corrected chi connectivity index (χ1v) is 20.0. The number of hydrogen-bond donors (Lipinski definition) is 5. The summed E-state index contributed by atoms with van der Waals surface area (Å²) in [4.78, 5) is 93.1. The number of nitrogens with one attached hydrogen (secondary N) is 4. The van der Waals surface area contributed by atoms with Gasteiger partial charge in [-0.25, -0.2) is 4.79 Å². The number of likely N-dealkylation sites (N-methyl/N-ethyl adjacent to an activating group) is 1. The Morgan fingerprint density at radius 3 is 2.03 bits per heavy atom. The number of hydrogen-bond acceptors (Lipinski definition) is 9. The summed E-state index contributed by atoms with van der Waals surface area (Å²) >= 11 is 0. The Labute approximate surface area is 341 Å². The number of alkyl halides is 3. The summed E-state index contributed by atoms with van der Waals surface area (Å²) in [7, 11) is 1.34. The molecule has 330 valence electrons. The summed E-state index contributed by atoms with van der Waals surface area (Å²) in [6.07, 6.45) is -2.60. The van der Waals surface area contributed by atoms with Crippen LogP contribution in [0.1, 0.15) is 110 Å². The summed E-state index contributed by atoms with van der Waals surface area (Å²) in [5.41, 5.74) is -0.113. The number of nitrogens with zero attached hydrogens (tertiary/aromatic N) is 2. The van der Waals surface area contributed by atoms with Crippen molar-refractivity contribution < 1.29 is 61.1 Å². The van der Waals surface area contributed by atoms with E-state index in [2.05, 4.69) is 26.0 Å². The van der Waals surface area contributed by atoms with E-state index < -0.39 is 101 Å². The molecule has 1 saturated heterocycles. The van der Waals surface area contributed by atoms with E-state index in [1.54, 1.807) is 51.1 Å². The molecule has 1 aliphatic heterocycles. The molecule has 0 radical (unpaired) electrons. The van der Waals surface area contributed by atoms with Gasteiger partial charge in [-0.3, -0.25) is 28.8 Å². The van der Waals surface area contributed by atoms with Crippen molar-refractivity contribution in [3.8, 4) is 0 Å². The van der Waals surface area contributed by atoms with Crippen LogP contribution in [0.5, 0.6) is 0 Å². The molecule has 5 unspecified atom stereocenters. The van der Waals surface area contributed by atoms with Crippen LogP contribution >= 0.6 is 0 Å². The summed E-state index contributed by atoms with van der Waals surface area (Å²) in [5, 5.41) is 17.5. The molecule has 0 spiro atoms. The van der Waals surface area contributed by atoms with Crippen molar-refractivity contribution >= 4 is 41.4 Å². The zero-order valence-corrected chi connectivity index (χ0v) is 34.2. The minimum atomic E-state index is -4.82. The Morgan fingerprint density at radius 2 is 1.49 bits per heavy atom. The number of aliphatic hydroxyl groups is 1. The first kappa shape index (κ1) is 48.6. The monoisotopic (exact) mass is 842 g/mol. The molecule has 5 atom stereocenters. The summed E-state index contributed by atoms with van der Waals surface area (Å²) in [6.45, 7) is 4.74. The molecule has 2 aliphatic carbocycles. The highest BCUT2D eigenvalue weighted by atomic mass is 19.4. The van der Waals surface area contributed by atoms with E-state index in [0.717, 1.165) is 25.7 Å². The third-order valence-electron chi connectivity index (χ3n) is 10.3. The van der Waals surface area contributed by atoms with Crippen molar-refractivity contribution in [2.45, 2.75) is 140 Å². The van der Waals surface area contributed by atoms with Crippen LogP contribution in [-0.4, -0.2) is 113 Å². The highest BCUT2D eigenvalue weighted by Gasteiger charge is 2.44. The zero-order chi connectivity index (χ0) is 44.1. The fourth-order valence-corrected chi connectivity index (χ4v) is 7.04. The van der Waals surface area contributed by atoms with Gasteiger partial charge in [0.15, 0.2) is 6.10 Å². The molecule has 5 N–H and O–H groups in total.